The predicted molar refractivity (Wildman–Crippen MR) is 49.9 cm³/mol. The van der Waals surface area contributed by atoms with E-state index in [1.54, 1.807) is 12.1 Å². The molecule has 13 heavy (non-hydrogen) atoms. The maximum atomic E-state index is 12.6. The zero-order valence-corrected chi connectivity index (χ0v) is 7.41. The van der Waals surface area contributed by atoms with Crippen LogP contribution in [0.3, 0.4) is 0 Å². The summed E-state index contributed by atoms with van der Waals surface area (Å²) in [5.41, 5.74) is 6.51. The Morgan fingerprint density at radius 2 is 1.92 bits per heavy atom. The number of halogens is 1. The van der Waals surface area contributed by atoms with E-state index in [1.165, 1.54) is 12.1 Å². The van der Waals surface area contributed by atoms with Crippen molar-refractivity contribution in [2.45, 2.75) is 12.3 Å². The smallest absolute Gasteiger partial charge is 0.123 e. The standard InChI is InChI=1S/C10H14FNO/c11-10-3-1-8(2-4-10)9(7-12)5-6-13/h1-4,9,13H,5-7,12H2/t9-/m1/s1. The first kappa shape index (κ1) is 10.2. The number of rotatable bonds is 4. The van der Waals surface area contributed by atoms with Gasteiger partial charge >= 0.3 is 0 Å². The van der Waals surface area contributed by atoms with Gasteiger partial charge < -0.3 is 10.8 Å². The Hall–Kier alpha value is -0.930. The Labute approximate surface area is 77.2 Å². The summed E-state index contributed by atoms with van der Waals surface area (Å²) in [5.74, 6) is -0.117. The predicted octanol–water partition coefficient (Wildman–Crippen LogP) is 1.25. The van der Waals surface area contributed by atoms with E-state index in [9.17, 15) is 4.39 Å². The second-order valence-electron chi connectivity index (χ2n) is 3.00. The van der Waals surface area contributed by atoms with Crippen LogP contribution in [0.5, 0.6) is 0 Å². The van der Waals surface area contributed by atoms with Gasteiger partial charge in [-0.05, 0) is 36.6 Å². The van der Waals surface area contributed by atoms with Crippen LogP contribution in [0.2, 0.25) is 0 Å². The van der Waals surface area contributed by atoms with Gasteiger partial charge in [-0.25, -0.2) is 4.39 Å². The highest BCUT2D eigenvalue weighted by Gasteiger charge is 2.08. The highest BCUT2D eigenvalue weighted by atomic mass is 19.1. The molecule has 0 spiro atoms. The molecule has 3 heteroatoms. The third kappa shape index (κ3) is 2.79. The van der Waals surface area contributed by atoms with Crippen molar-refractivity contribution >= 4 is 0 Å². The van der Waals surface area contributed by atoms with Crippen LogP contribution in [0, 0.1) is 5.82 Å². The van der Waals surface area contributed by atoms with E-state index in [-0.39, 0.29) is 18.3 Å². The number of benzene rings is 1. The lowest BCUT2D eigenvalue weighted by Crippen LogP contribution is -2.13. The lowest BCUT2D eigenvalue weighted by molar-refractivity contribution is 0.276. The quantitative estimate of drug-likeness (QED) is 0.738. The molecule has 0 unspecified atom stereocenters. The van der Waals surface area contributed by atoms with Crippen molar-refractivity contribution in [1.82, 2.24) is 0 Å². The molecule has 0 fully saturated rings. The topological polar surface area (TPSA) is 46.2 Å². The molecule has 1 aromatic carbocycles. The molecule has 0 saturated heterocycles. The third-order valence-electron chi connectivity index (χ3n) is 2.10. The first-order valence-corrected chi connectivity index (χ1v) is 4.34. The van der Waals surface area contributed by atoms with Crippen LogP contribution in [-0.4, -0.2) is 18.3 Å². The highest BCUT2D eigenvalue weighted by Crippen LogP contribution is 2.17. The van der Waals surface area contributed by atoms with E-state index in [0.29, 0.717) is 13.0 Å². The van der Waals surface area contributed by atoms with Crippen molar-refractivity contribution in [3.05, 3.63) is 35.6 Å². The molecule has 0 amide bonds. The van der Waals surface area contributed by atoms with Crippen LogP contribution in [0.15, 0.2) is 24.3 Å². The van der Waals surface area contributed by atoms with Crippen molar-refractivity contribution in [3.63, 3.8) is 0 Å². The van der Waals surface area contributed by atoms with E-state index in [0.717, 1.165) is 5.56 Å². The average molecular weight is 183 g/mol. The van der Waals surface area contributed by atoms with Gasteiger partial charge in [-0.15, -0.1) is 0 Å². The summed E-state index contributed by atoms with van der Waals surface area (Å²) in [5, 5.41) is 8.75. The largest absolute Gasteiger partial charge is 0.396 e. The van der Waals surface area contributed by atoms with Crippen LogP contribution in [-0.2, 0) is 0 Å². The molecule has 0 heterocycles. The van der Waals surface area contributed by atoms with Gasteiger partial charge in [0, 0.05) is 6.61 Å². The fourth-order valence-electron chi connectivity index (χ4n) is 1.31. The lowest BCUT2D eigenvalue weighted by atomic mass is 9.96. The molecule has 0 radical (unpaired) electrons. The summed E-state index contributed by atoms with van der Waals surface area (Å²) >= 11 is 0. The van der Waals surface area contributed by atoms with Gasteiger partial charge in [-0.3, -0.25) is 0 Å². The molecule has 0 bridgehead atoms. The summed E-state index contributed by atoms with van der Waals surface area (Å²) < 4.78 is 12.6. The molecule has 2 nitrogen and oxygen atoms in total. The summed E-state index contributed by atoms with van der Waals surface area (Å²) in [6.45, 7) is 0.589. The zero-order valence-electron chi connectivity index (χ0n) is 7.41. The minimum absolute atomic E-state index is 0.110. The van der Waals surface area contributed by atoms with Crippen molar-refractivity contribution in [2.75, 3.05) is 13.2 Å². The van der Waals surface area contributed by atoms with Gasteiger partial charge in [0.15, 0.2) is 0 Å². The fourth-order valence-corrected chi connectivity index (χ4v) is 1.31. The molecule has 3 N–H and O–H groups in total. The number of hydrogen-bond acceptors (Lipinski definition) is 2. The summed E-state index contributed by atoms with van der Waals surface area (Å²) in [4.78, 5) is 0. The normalized spacial score (nSPS) is 12.8. The van der Waals surface area contributed by atoms with E-state index < -0.39 is 0 Å². The first-order valence-electron chi connectivity index (χ1n) is 4.34. The van der Waals surface area contributed by atoms with Crippen molar-refractivity contribution < 1.29 is 9.50 Å². The van der Waals surface area contributed by atoms with Crippen LogP contribution in [0.1, 0.15) is 17.9 Å². The fraction of sp³-hybridized carbons (Fsp3) is 0.400. The molecule has 1 aromatic rings. The Bertz CT molecular complexity index is 248. The van der Waals surface area contributed by atoms with E-state index >= 15 is 0 Å². The van der Waals surface area contributed by atoms with Crippen LogP contribution in [0.4, 0.5) is 4.39 Å². The minimum Gasteiger partial charge on any atom is -0.396 e. The Morgan fingerprint density at radius 1 is 1.31 bits per heavy atom. The molecule has 0 aliphatic rings. The van der Waals surface area contributed by atoms with Gasteiger partial charge in [-0.2, -0.15) is 0 Å². The second-order valence-corrected chi connectivity index (χ2v) is 3.00. The molecule has 0 saturated carbocycles. The van der Waals surface area contributed by atoms with E-state index in [4.69, 9.17) is 10.8 Å². The van der Waals surface area contributed by atoms with Gasteiger partial charge in [0.05, 0.1) is 0 Å². The van der Waals surface area contributed by atoms with Crippen LogP contribution in [0.25, 0.3) is 0 Å². The highest BCUT2D eigenvalue weighted by molar-refractivity contribution is 5.20. The lowest BCUT2D eigenvalue weighted by Gasteiger charge is -2.13. The monoisotopic (exact) mass is 183 g/mol. The van der Waals surface area contributed by atoms with Crippen molar-refractivity contribution in [3.8, 4) is 0 Å². The Morgan fingerprint density at radius 3 is 2.38 bits per heavy atom. The number of hydrogen-bond donors (Lipinski definition) is 2. The van der Waals surface area contributed by atoms with Gasteiger partial charge in [0.25, 0.3) is 0 Å². The van der Waals surface area contributed by atoms with Gasteiger partial charge in [0.1, 0.15) is 5.82 Å². The van der Waals surface area contributed by atoms with E-state index in [1.807, 2.05) is 0 Å². The zero-order chi connectivity index (χ0) is 9.68. The van der Waals surface area contributed by atoms with Crippen LogP contribution >= 0.6 is 0 Å². The van der Waals surface area contributed by atoms with Gasteiger partial charge in [-0.1, -0.05) is 12.1 Å². The molecular weight excluding hydrogens is 169 g/mol. The molecule has 0 aromatic heterocycles. The summed E-state index contributed by atoms with van der Waals surface area (Å²) in [6.07, 6.45) is 0.627. The number of aliphatic hydroxyl groups excluding tert-OH is 1. The Kier molecular flexibility index (Phi) is 3.86. The van der Waals surface area contributed by atoms with Gasteiger partial charge in [0.2, 0.25) is 0 Å². The summed E-state index contributed by atoms with van der Waals surface area (Å²) in [7, 11) is 0. The maximum absolute atomic E-state index is 12.6. The molecule has 1 rings (SSSR count). The van der Waals surface area contributed by atoms with Crippen molar-refractivity contribution in [1.29, 1.82) is 0 Å². The third-order valence-corrected chi connectivity index (χ3v) is 2.10. The van der Waals surface area contributed by atoms with Crippen molar-refractivity contribution in [2.24, 2.45) is 5.73 Å². The number of nitrogens with two attached hydrogens (primary N) is 1. The van der Waals surface area contributed by atoms with E-state index in [2.05, 4.69) is 0 Å². The maximum Gasteiger partial charge on any atom is 0.123 e. The average Bonchev–Trinajstić information content (AvgIpc) is 2.16. The molecule has 72 valence electrons. The molecule has 1 atom stereocenters. The minimum atomic E-state index is -0.247. The summed E-state index contributed by atoms with van der Waals surface area (Å²) in [6, 6.07) is 6.25. The SMILES string of the molecule is NC[C@@H](CCO)c1ccc(F)cc1. The van der Waals surface area contributed by atoms with Crippen LogP contribution < -0.4 is 5.73 Å². The molecule has 0 aliphatic heterocycles. The Balaban J connectivity index is 2.73. The second kappa shape index (κ2) is 4.94. The first-order chi connectivity index (χ1) is 6.27. The number of aliphatic hydroxyl groups is 1. The molecule has 0 aliphatic carbocycles. The molecular formula is C10H14FNO.